The first kappa shape index (κ1) is 20.7. The zero-order valence-corrected chi connectivity index (χ0v) is 15.2. The van der Waals surface area contributed by atoms with Gasteiger partial charge < -0.3 is 20.1 Å². The van der Waals surface area contributed by atoms with Gasteiger partial charge in [-0.3, -0.25) is 4.79 Å². The van der Waals surface area contributed by atoms with E-state index in [1.807, 2.05) is 0 Å². The molecule has 0 aromatic heterocycles. The van der Waals surface area contributed by atoms with Gasteiger partial charge in [-0.1, -0.05) is 6.92 Å². The third kappa shape index (κ3) is 8.34. The van der Waals surface area contributed by atoms with Gasteiger partial charge in [0, 0.05) is 32.1 Å². The Labute approximate surface area is 146 Å². The number of carbonyl (C=O) groups is 1. The summed E-state index contributed by atoms with van der Waals surface area (Å²) in [4.78, 5) is 11.9. The second-order valence-electron chi connectivity index (χ2n) is 6.80. The number of hydrogen-bond donors (Lipinski definition) is 2. The van der Waals surface area contributed by atoms with Crippen LogP contribution in [-0.4, -0.2) is 52.0 Å². The summed E-state index contributed by atoms with van der Waals surface area (Å²) < 4.78 is 10.9. The van der Waals surface area contributed by atoms with Crippen LogP contribution >= 0.6 is 12.4 Å². The Morgan fingerprint density at radius 1 is 1.43 bits per heavy atom. The van der Waals surface area contributed by atoms with Crippen LogP contribution in [0.3, 0.4) is 0 Å². The predicted octanol–water partition coefficient (Wildman–Crippen LogP) is 1.99. The molecule has 0 aromatic rings. The number of piperidine rings is 1. The molecule has 5 nitrogen and oxygen atoms in total. The summed E-state index contributed by atoms with van der Waals surface area (Å²) in [6.45, 7) is 8.33. The molecule has 2 saturated heterocycles. The summed E-state index contributed by atoms with van der Waals surface area (Å²) in [5, 5.41) is 6.44. The van der Waals surface area contributed by atoms with Gasteiger partial charge in [0.05, 0.1) is 13.2 Å². The molecule has 0 spiro atoms. The van der Waals surface area contributed by atoms with E-state index in [1.165, 1.54) is 12.8 Å². The van der Waals surface area contributed by atoms with Crippen LogP contribution in [0.5, 0.6) is 0 Å². The zero-order valence-electron chi connectivity index (χ0n) is 14.4. The van der Waals surface area contributed by atoms with Gasteiger partial charge >= 0.3 is 0 Å². The first-order valence-electron chi connectivity index (χ1n) is 8.88. The molecule has 6 heteroatoms. The molecule has 2 rings (SSSR count). The number of hydrogen-bond acceptors (Lipinski definition) is 4. The van der Waals surface area contributed by atoms with Gasteiger partial charge in [-0.25, -0.2) is 0 Å². The summed E-state index contributed by atoms with van der Waals surface area (Å²) in [5.41, 5.74) is 0. The Kier molecular flexibility index (Phi) is 10.9. The molecular formula is C17H33ClN2O3. The Bertz CT molecular complexity index is 319. The molecule has 0 saturated carbocycles. The third-order valence-corrected chi connectivity index (χ3v) is 4.81. The van der Waals surface area contributed by atoms with Gasteiger partial charge in [0.25, 0.3) is 0 Å². The molecule has 23 heavy (non-hydrogen) atoms. The Morgan fingerprint density at radius 2 is 2.30 bits per heavy atom. The van der Waals surface area contributed by atoms with E-state index < -0.39 is 0 Å². The van der Waals surface area contributed by atoms with Crippen molar-refractivity contribution in [2.45, 2.75) is 39.0 Å². The molecule has 2 heterocycles. The lowest BCUT2D eigenvalue weighted by atomic mass is 9.85. The minimum atomic E-state index is 0. The maximum atomic E-state index is 11.9. The van der Waals surface area contributed by atoms with Gasteiger partial charge in [-0.05, 0) is 50.6 Å². The number of carbonyl (C=O) groups excluding carboxylic acids is 1. The minimum Gasteiger partial charge on any atom is -0.381 e. The van der Waals surface area contributed by atoms with Crippen LogP contribution in [0.25, 0.3) is 0 Å². The van der Waals surface area contributed by atoms with E-state index in [1.54, 1.807) is 0 Å². The van der Waals surface area contributed by atoms with Crippen LogP contribution < -0.4 is 10.6 Å². The highest BCUT2D eigenvalue weighted by Crippen LogP contribution is 2.22. The molecule has 3 atom stereocenters. The van der Waals surface area contributed by atoms with Crippen LogP contribution in [-0.2, 0) is 14.3 Å². The lowest BCUT2D eigenvalue weighted by Crippen LogP contribution is -2.35. The van der Waals surface area contributed by atoms with Crippen molar-refractivity contribution in [1.82, 2.24) is 10.6 Å². The van der Waals surface area contributed by atoms with Crippen molar-refractivity contribution in [2.24, 2.45) is 17.8 Å². The van der Waals surface area contributed by atoms with Crippen LogP contribution in [0.2, 0.25) is 0 Å². The van der Waals surface area contributed by atoms with E-state index in [-0.39, 0.29) is 18.3 Å². The van der Waals surface area contributed by atoms with E-state index >= 15 is 0 Å². The molecular weight excluding hydrogens is 316 g/mol. The highest BCUT2D eigenvalue weighted by atomic mass is 35.5. The number of rotatable bonds is 9. The van der Waals surface area contributed by atoms with Gasteiger partial charge in [-0.15, -0.1) is 12.4 Å². The maximum absolute atomic E-state index is 11.9. The fourth-order valence-electron chi connectivity index (χ4n) is 3.26. The fraction of sp³-hybridized carbons (Fsp3) is 0.941. The lowest BCUT2D eigenvalue weighted by molar-refractivity contribution is -0.122. The minimum absolute atomic E-state index is 0. The quantitative estimate of drug-likeness (QED) is 0.626. The largest absolute Gasteiger partial charge is 0.381 e. The zero-order chi connectivity index (χ0) is 15.6. The summed E-state index contributed by atoms with van der Waals surface area (Å²) in [6, 6.07) is 0. The molecule has 2 N–H and O–H groups in total. The number of halogens is 1. The lowest BCUT2D eigenvalue weighted by Gasteiger charge is -2.28. The first-order chi connectivity index (χ1) is 10.8. The maximum Gasteiger partial charge on any atom is 0.220 e. The van der Waals surface area contributed by atoms with Crippen LogP contribution in [0.4, 0.5) is 0 Å². The predicted molar refractivity (Wildman–Crippen MR) is 94.0 cm³/mol. The summed E-state index contributed by atoms with van der Waals surface area (Å²) in [5.74, 6) is 1.87. The normalized spacial score (nSPS) is 25.6. The second-order valence-corrected chi connectivity index (χ2v) is 6.80. The standard InChI is InChI=1S/C17H32N2O3.ClH/c1-14(16-4-2-6-18-11-16)10-17(20)19-7-3-8-21-12-15-5-9-22-13-15;/h14-16,18H,2-13H2,1H3,(H,19,20);1H. The molecule has 0 bridgehead atoms. The molecule has 2 fully saturated rings. The SMILES string of the molecule is CC(CC(=O)NCCCOCC1CCOC1)C1CCCNC1.Cl. The van der Waals surface area contributed by atoms with E-state index in [4.69, 9.17) is 9.47 Å². The molecule has 3 unspecified atom stereocenters. The third-order valence-electron chi connectivity index (χ3n) is 4.81. The van der Waals surface area contributed by atoms with E-state index in [0.717, 1.165) is 58.9 Å². The Balaban J connectivity index is 0.00000264. The van der Waals surface area contributed by atoms with Crippen molar-refractivity contribution in [1.29, 1.82) is 0 Å². The molecule has 0 radical (unpaired) electrons. The summed E-state index contributed by atoms with van der Waals surface area (Å²) >= 11 is 0. The highest BCUT2D eigenvalue weighted by molar-refractivity contribution is 5.85. The average molecular weight is 349 g/mol. The van der Waals surface area contributed by atoms with E-state index in [9.17, 15) is 4.79 Å². The van der Waals surface area contributed by atoms with Crippen molar-refractivity contribution in [2.75, 3.05) is 46.1 Å². The van der Waals surface area contributed by atoms with Gasteiger partial charge in [0.2, 0.25) is 5.91 Å². The smallest absolute Gasteiger partial charge is 0.220 e. The molecule has 2 aliphatic rings. The van der Waals surface area contributed by atoms with Crippen molar-refractivity contribution < 1.29 is 14.3 Å². The van der Waals surface area contributed by atoms with Gasteiger partial charge in [0.1, 0.15) is 0 Å². The monoisotopic (exact) mass is 348 g/mol. The Morgan fingerprint density at radius 3 is 3.00 bits per heavy atom. The fourth-order valence-corrected chi connectivity index (χ4v) is 3.26. The highest BCUT2D eigenvalue weighted by Gasteiger charge is 2.21. The first-order valence-corrected chi connectivity index (χ1v) is 8.88. The molecule has 0 aliphatic carbocycles. The molecule has 136 valence electrons. The summed E-state index contributed by atoms with van der Waals surface area (Å²) in [6.07, 6.45) is 5.14. The number of nitrogens with one attached hydrogen (secondary N) is 2. The number of ether oxygens (including phenoxy) is 2. The van der Waals surface area contributed by atoms with Crippen LogP contribution in [0, 0.1) is 17.8 Å². The van der Waals surface area contributed by atoms with E-state index in [0.29, 0.717) is 24.2 Å². The van der Waals surface area contributed by atoms with Gasteiger partial charge in [-0.2, -0.15) is 0 Å². The molecule has 2 aliphatic heterocycles. The molecule has 1 amide bonds. The van der Waals surface area contributed by atoms with Crippen molar-refractivity contribution >= 4 is 18.3 Å². The second kappa shape index (κ2) is 12.1. The number of amides is 1. The summed E-state index contributed by atoms with van der Waals surface area (Å²) in [7, 11) is 0. The molecule has 0 aromatic carbocycles. The topological polar surface area (TPSA) is 59.6 Å². The Hall–Kier alpha value is -0.360. The van der Waals surface area contributed by atoms with Crippen molar-refractivity contribution in [3.8, 4) is 0 Å². The van der Waals surface area contributed by atoms with E-state index in [2.05, 4.69) is 17.6 Å². The van der Waals surface area contributed by atoms with Crippen molar-refractivity contribution in [3.63, 3.8) is 0 Å². The van der Waals surface area contributed by atoms with Crippen molar-refractivity contribution in [3.05, 3.63) is 0 Å². The van der Waals surface area contributed by atoms with Crippen LogP contribution in [0.1, 0.15) is 39.0 Å². The average Bonchev–Trinajstić information content (AvgIpc) is 3.05. The van der Waals surface area contributed by atoms with Gasteiger partial charge in [0.15, 0.2) is 0 Å². The van der Waals surface area contributed by atoms with Crippen LogP contribution in [0.15, 0.2) is 0 Å².